The predicted octanol–water partition coefficient (Wildman–Crippen LogP) is 1.71. The van der Waals surface area contributed by atoms with Gasteiger partial charge in [0.2, 0.25) is 0 Å². The fraction of sp³-hybridized carbons (Fsp3) is 1.00. The van der Waals surface area contributed by atoms with E-state index in [0.717, 1.165) is 0 Å². The lowest BCUT2D eigenvalue weighted by molar-refractivity contribution is 0.306. The zero-order valence-corrected chi connectivity index (χ0v) is 6.18. The average Bonchev–Trinajstić information content (AvgIpc) is 1.86. The summed E-state index contributed by atoms with van der Waals surface area (Å²) in [5, 5.41) is 11.1. The Morgan fingerprint density at radius 2 is 2.00 bits per heavy atom. The summed E-state index contributed by atoms with van der Waals surface area (Å²) in [5.41, 5.74) is 7.54. The fourth-order valence-electron chi connectivity index (χ4n) is 0.0894. The number of hydrogen-bond acceptors (Lipinski definition) is 2. The molecule has 0 aromatic rings. The monoisotopic (exact) mass is 171 g/mol. The Balaban J connectivity index is 0. The molecule has 0 spiro atoms. The Kier molecular flexibility index (Phi) is 20.2. The summed E-state index contributed by atoms with van der Waals surface area (Å²) >= 11 is 9.53. The van der Waals surface area contributed by atoms with Crippen molar-refractivity contribution in [2.24, 2.45) is 5.11 Å². The molecule has 0 aliphatic rings. The van der Waals surface area contributed by atoms with Crippen LogP contribution < -0.4 is 0 Å². The third kappa shape index (κ3) is 33.1. The SMILES string of the molecule is ClCCl.[N-]=[N+]=NCCO. The van der Waals surface area contributed by atoms with Crippen LogP contribution in [-0.4, -0.2) is 23.6 Å². The molecule has 1 N–H and O–H groups in total. The van der Waals surface area contributed by atoms with Gasteiger partial charge in [-0.25, -0.2) is 0 Å². The van der Waals surface area contributed by atoms with Crippen molar-refractivity contribution in [3.8, 4) is 0 Å². The van der Waals surface area contributed by atoms with Crippen LogP contribution in [0.3, 0.4) is 0 Å². The molecule has 0 radical (unpaired) electrons. The van der Waals surface area contributed by atoms with E-state index in [1.54, 1.807) is 0 Å². The molecule has 0 amide bonds. The van der Waals surface area contributed by atoms with Crippen LogP contribution >= 0.6 is 23.2 Å². The van der Waals surface area contributed by atoms with Gasteiger partial charge in [-0.15, -0.1) is 23.2 Å². The molecule has 0 unspecified atom stereocenters. The van der Waals surface area contributed by atoms with E-state index < -0.39 is 0 Å². The molecule has 0 atom stereocenters. The van der Waals surface area contributed by atoms with Gasteiger partial charge in [-0.05, 0) is 5.53 Å². The number of nitrogens with zero attached hydrogens (tertiary/aromatic N) is 3. The smallest absolute Gasteiger partial charge is 0.0967 e. The quantitative estimate of drug-likeness (QED) is 0.293. The summed E-state index contributed by atoms with van der Waals surface area (Å²) in [6, 6.07) is 0. The third-order valence-corrected chi connectivity index (χ3v) is 0.263. The second-order valence-electron chi connectivity index (χ2n) is 0.779. The summed E-state index contributed by atoms with van der Waals surface area (Å²) in [6.07, 6.45) is 0. The van der Waals surface area contributed by atoms with Crippen LogP contribution in [0.4, 0.5) is 0 Å². The van der Waals surface area contributed by atoms with E-state index in [4.69, 9.17) is 33.8 Å². The minimum atomic E-state index is -0.0654. The second-order valence-corrected chi connectivity index (χ2v) is 1.59. The predicted molar refractivity (Wildman–Crippen MR) is 37.7 cm³/mol. The number of halogens is 2. The minimum absolute atomic E-state index is 0.0654. The molecule has 54 valence electrons. The molecular weight excluding hydrogens is 165 g/mol. The minimum Gasteiger partial charge on any atom is -0.396 e. The maximum atomic E-state index is 7.93. The molecule has 9 heavy (non-hydrogen) atoms. The fourth-order valence-corrected chi connectivity index (χ4v) is 0.0894. The topological polar surface area (TPSA) is 69.0 Å². The standard InChI is InChI=1S/C2H5N3O.CH2Cl2/c3-5-4-1-2-6;2-1-3/h6H,1-2H2;1H2. The van der Waals surface area contributed by atoms with Gasteiger partial charge in [0.05, 0.1) is 5.34 Å². The zero-order chi connectivity index (χ0) is 7.54. The highest BCUT2D eigenvalue weighted by molar-refractivity contribution is 6.40. The van der Waals surface area contributed by atoms with Crippen LogP contribution in [0, 0.1) is 0 Å². The molecule has 0 aliphatic carbocycles. The average molecular weight is 172 g/mol. The lowest BCUT2D eigenvalue weighted by Crippen LogP contribution is -1.82. The van der Waals surface area contributed by atoms with Crippen molar-refractivity contribution < 1.29 is 5.11 Å². The van der Waals surface area contributed by atoms with E-state index in [2.05, 4.69) is 10.0 Å². The largest absolute Gasteiger partial charge is 0.396 e. The summed E-state index contributed by atoms with van der Waals surface area (Å²) in [4.78, 5) is 2.39. The van der Waals surface area contributed by atoms with Gasteiger partial charge in [0.1, 0.15) is 0 Å². The van der Waals surface area contributed by atoms with Gasteiger partial charge in [-0.2, -0.15) is 0 Å². The number of rotatable bonds is 2. The lowest BCUT2D eigenvalue weighted by atomic mass is 10.8. The van der Waals surface area contributed by atoms with E-state index in [-0.39, 0.29) is 18.5 Å². The third-order valence-electron chi connectivity index (χ3n) is 0.263. The Hall–Kier alpha value is -0.150. The number of azide groups is 1. The second kappa shape index (κ2) is 15.7. The van der Waals surface area contributed by atoms with E-state index in [1.165, 1.54) is 0 Å². The van der Waals surface area contributed by atoms with Gasteiger partial charge in [-0.1, -0.05) is 5.11 Å². The maximum absolute atomic E-state index is 7.93. The molecule has 6 heteroatoms. The van der Waals surface area contributed by atoms with Gasteiger partial charge in [-0.3, -0.25) is 0 Å². The maximum Gasteiger partial charge on any atom is 0.0967 e. The zero-order valence-electron chi connectivity index (χ0n) is 4.67. The summed E-state index contributed by atoms with van der Waals surface area (Å²) in [5.74, 6) is 0. The molecule has 4 nitrogen and oxygen atoms in total. The molecule has 0 aromatic carbocycles. The van der Waals surface area contributed by atoms with Crippen LogP contribution in [0.1, 0.15) is 0 Å². The van der Waals surface area contributed by atoms with Crippen molar-refractivity contribution in [1.29, 1.82) is 0 Å². The van der Waals surface area contributed by atoms with E-state index in [1.807, 2.05) is 0 Å². The van der Waals surface area contributed by atoms with Crippen molar-refractivity contribution in [3.05, 3.63) is 10.4 Å². The van der Waals surface area contributed by atoms with Crippen LogP contribution in [0.25, 0.3) is 10.4 Å². The van der Waals surface area contributed by atoms with Crippen molar-refractivity contribution in [3.63, 3.8) is 0 Å². The van der Waals surface area contributed by atoms with Gasteiger partial charge in [0.25, 0.3) is 0 Å². The normalized spacial score (nSPS) is 6.56. The van der Waals surface area contributed by atoms with Crippen molar-refractivity contribution in [2.45, 2.75) is 0 Å². The first-order valence-corrected chi connectivity index (χ1v) is 3.14. The van der Waals surface area contributed by atoms with Crippen LogP contribution in [-0.2, 0) is 0 Å². The molecule has 0 heterocycles. The number of hydrogen-bond donors (Lipinski definition) is 1. The van der Waals surface area contributed by atoms with Gasteiger partial charge in [0, 0.05) is 18.1 Å². The molecule has 0 bridgehead atoms. The summed E-state index contributed by atoms with van der Waals surface area (Å²) in [7, 11) is 0. The highest BCUT2D eigenvalue weighted by atomic mass is 35.5. The lowest BCUT2D eigenvalue weighted by Gasteiger charge is -1.72. The molecule has 0 saturated heterocycles. The van der Waals surface area contributed by atoms with Gasteiger partial charge < -0.3 is 5.11 Å². The summed E-state index contributed by atoms with van der Waals surface area (Å²) < 4.78 is 0. The van der Waals surface area contributed by atoms with Crippen LogP contribution in [0.5, 0.6) is 0 Å². The van der Waals surface area contributed by atoms with Crippen molar-refractivity contribution in [2.75, 3.05) is 18.5 Å². The Morgan fingerprint density at radius 1 is 1.56 bits per heavy atom. The van der Waals surface area contributed by atoms with E-state index in [0.29, 0.717) is 0 Å². The number of alkyl halides is 2. The van der Waals surface area contributed by atoms with Gasteiger partial charge in [0.15, 0.2) is 0 Å². The van der Waals surface area contributed by atoms with Crippen molar-refractivity contribution in [1.82, 2.24) is 0 Å². The van der Waals surface area contributed by atoms with E-state index >= 15 is 0 Å². The Labute approximate surface area is 63.0 Å². The Bertz CT molecular complexity index is 83.1. The van der Waals surface area contributed by atoms with Crippen LogP contribution in [0.15, 0.2) is 5.11 Å². The summed E-state index contributed by atoms with van der Waals surface area (Å²) in [6.45, 7) is 0.112. The molecule has 0 saturated carbocycles. The molecular formula is C3H7Cl2N3O. The van der Waals surface area contributed by atoms with Crippen LogP contribution in [0.2, 0.25) is 0 Å². The molecule has 0 aliphatic heterocycles. The molecule has 0 rings (SSSR count). The molecule has 0 fully saturated rings. The first kappa shape index (κ1) is 11.6. The number of aliphatic hydroxyl groups is 1. The highest BCUT2D eigenvalue weighted by Gasteiger charge is 1.66. The first-order valence-electron chi connectivity index (χ1n) is 2.07. The van der Waals surface area contributed by atoms with E-state index in [9.17, 15) is 0 Å². The Morgan fingerprint density at radius 3 is 2.11 bits per heavy atom. The van der Waals surface area contributed by atoms with Gasteiger partial charge >= 0.3 is 0 Å². The first-order chi connectivity index (χ1) is 4.33. The highest BCUT2D eigenvalue weighted by Crippen LogP contribution is 1.73. The molecule has 0 aromatic heterocycles. The number of aliphatic hydroxyl groups excluding tert-OH is 1. The van der Waals surface area contributed by atoms with Crippen molar-refractivity contribution >= 4 is 23.2 Å².